The van der Waals surface area contributed by atoms with E-state index < -0.39 is 0 Å². The fourth-order valence-corrected chi connectivity index (χ4v) is 0.904. The van der Waals surface area contributed by atoms with Gasteiger partial charge >= 0.3 is 0 Å². The quantitative estimate of drug-likeness (QED) is 0.652. The van der Waals surface area contributed by atoms with Crippen LogP contribution in [0.5, 0.6) is 0 Å². The van der Waals surface area contributed by atoms with E-state index in [2.05, 4.69) is 5.32 Å². The third-order valence-electron chi connectivity index (χ3n) is 1.41. The SMILES string of the molecule is COC[C]1NC=CC=C1OC. The van der Waals surface area contributed by atoms with Crippen LogP contribution in [0.1, 0.15) is 0 Å². The molecule has 1 N–H and O–H groups in total. The van der Waals surface area contributed by atoms with Gasteiger partial charge in [0.2, 0.25) is 0 Å². The Kier molecular flexibility index (Phi) is 2.98. The van der Waals surface area contributed by atoms with Crippen LogP contribution >= 0.6 is 0 Å². The minimum absolute atomic E-state index is 0.546. The molecule has 0 aromatic rings. The van der Waals surface area contributed by atoms with Crippen molar-refractivity contribution in [2.45, 2.75) is 0 Å². The summed E-state index contributed by atoms with van der Waals surface area (Å²) in [6.07, 6.45) is 5.62. The van der Waals surface area contributed by atoms with Gasteiger partial charge in [-0.1, -0.05) is 0 Å². The Morgan fingerprint density at radius 3 is 2.91 bits per heavy atom. The molecule has 0 bridgehead atoms. The Hall–Kier alpha value is -0.960. The van der Waals surface area contributed by atoms with Crippen molar-refractivity contribution in [3.05, 3.63) is 30.2 Å². The van der Waals surface area contributed by atoms with Crippen LogP contribution in [-0.4, -0.2) is 20.8 Å². The molecule has 1 aliphatic heterocycles. The lowest BCUT2D eigenvalue weighted by Crippen LogP contribution is -2.25. The van der Waals surface area contributed by atoms with Gasteiger partial charge in [-0.15, -0.1) is 0 Å². The average Bonchev–Trinajstić information content (AvgIpc) is 2.06. The summed E-state index contributed by atoms with van der Waals surface area (Å²) in [5.74, 6) is 0.828. The van der Waals surface area contributed by atoms with E-state index in [0.717, 1.165) is 11.8 Å². The lowest BCUT2D eigenvalue weighted by atomic mass is 10.2. The third kappa shape index (κ3) is 1.98. The van der Waals surface area contributed by atoms with Crippen LogP contribution in [0.3, 0.4) is 0 Å². The van der Waals surface area contributed by atoms with Crippen molar-refractivity contribution in [1.29, 1.82) is 0 Å². The summed E-state index contributed by atoms with van der Waals surface area (Å²) in [6.45, 7) is 0.546. The minimum Gasteiger partial charge on any atom is -0.498 e. The molecule has 0 spiro atoms. The number of ether oxygens (including phenoxy) is 2. The number of hydrogen-bond donors (Lipinski definition) is 1. The van der Waals surface area contributed by atoms with Gasteiger partial charge in [-0.3, -0.25) is 0 Å². The van der Waals surface area contributed by atoms with Crippen LogP contribution in [0.4, 0.5) is 0 Å². The molecular weight excluding hydrogens is 142 g/mol. The van der Waals surface area contributed by atoms with E-state index in [4.69, 9.17) is 9.47 Å². The maximum Gasteiger partial charge on any atom is 0.151 e. The monoisotopic (exact) mass is 154 g/mol. The largest absolute Gasteiger partial charge is 0.498 e. The molecule has 0 aliphatic carbocycles. The number of hydrogen-bond acceptors (Lipinski definition) is 3. The Morgan fingerprint density at radius 1 is 1.45 bits per heavy atom. The second-order valence-electron chi connectivity index (χ2n) is 2.15. The highest BCUT2D eigenvalue weighted by Crippen LogP contribution is 2.14. The maximum absolute atomic E-state index is 5.09. The Labute approximate surface area is 66.7 Å². The van der Waals surface area contributed by atoms with Crippen molar-refractivity contribution in [1.82, 2.24) is 5.32 Å². The zero-order chi connectivity index (χ0) is 8.10. The van der Waals surface area contributed by atoms with E-state index >= 15 is 0 Å². The molecule has 1 heterocycles. The number of dihydropyridines is 1. The summed E-state index contributed by atoms with van der Waals surface area (Å²) in [7, 11) is 3.29. The minimum atomic E-state index is 0.546. The Morgan fingerprint density at radius 2 is 2.27 bits per heavy atom. The van der Waals surface area contributed by atoms with E-state index in [-0.39, 0.29) is 0 Å². The van der Waals surface area contributed by atoms with Gasteiger partial charge in [0.05, 0.1) is 13.7 Å². The molecule has 3 heteroatoms. The number of rotatable bonds is 3. The van der Waals surface area contributed by atoms with Crippen LogP contribution in [-0.2, 0) is 9.47 Å². The molecule has 0 atom stereocenters. The second-order valence-corrected chi connectivity index (χ2v) is 2.15. The second kappa shape index (κ2) is 4.03. The van der Waals surface area contributed by atoms with E-state index in [1.165, 1.54) is 0 Å². The molecule has 3 nitrogen and oxygen atoms in total. The summed E-state index contributed by atoms with van der Waals surface area (Å²) in [5.41, 5.74) is 0. The van der Waals surface area contributed by atoms with Gasteiger partial charge in [-0.05, 0) is 18.4 Å². The number of nitrogens with one attached hydrogen (secondary N) is 1. The predicted octanol–water partition coefficient (Wildman–Crippen LogP) is 0.812. The predicted molar refractivity (Wildman–Crippen MR) is 42.5 cm³/mol. The van der Waals surface area contributed by atoms with Crippen LogP contribution in [0.15, 0.2) is 24.1 Å². The van der Waals surface area contributed by atoms with Crippen molar-refractivity contribution in [2.24, 2.45) is 0 Å². The van der Waals surface area contributed by atoms with Gasteiger partial charge in [0.25, 0.3) is 0 Å². The summed E-state index contributed by atoms with van der Waals surface area (Å²) in [5, 5.41) is 3.04. The molecule has 0 saturated carbocycles. The number of allylic oxidation sites excluding steroid dienone is 2. The van der Waals surface area contributed by atoms with Gasteiger partial charge in [0.15, 0.2) is 6.04 Å². The lowest BCUT2D eigenvalue weighted by molar-refractivity contribution is 0.184. The first-order chi connectivity index (χ1) is 5.38. The van der Waals surface area contributed by atoms with Crippen molar-refractivity contribution in [3.63, 3.8) is 0 Å². The average molecular weight is 154 g/mol. The van der Waals surface area contributed by atoms with Crippen molar-refractivity contribution in [3.8, 4) is 0 Å². The first-order valence-electron chi connectivity index (χ1n) is 3.41. The first-order valence-corrected chi connectivity index (χ1v) is 3.41. The van der Waals surface area contributed by atoms with Gasteiger partial charge in [0, 0.05) is 7.11 Å². The molecule has 0 saturated heterocycles. The fraction of sp³-hybridized carbons (Fsp3) is 0.375. The zero-order valence-electron chi connectivity index (χ0n) is 6.76. The molecule has 1 aliphatic rings. The highest BCUT2D eigenvalue weighted by Gasteiger charge is 2.15. The van der Waals surface area contributed by atoms with Gasteiger partial charge in [-0.2, -0.15) is 0 Å². The molecule has 61 valence electrons. The molecule has 11 heavy (non-hydrogen) atoms. The standard InChI is InChI=1S/C8H12NO2/c1-10-6-7-8(11-2)4-3-5-9-7/h3-5,9H,6H2,1-2H3. The molecule has 1 radical (unpaired) electrons. The molecule has 0 unspecified atom stereocenters. The highest BCUT2D eigenvalue weighted by molar-refractivity contribution is 5.27. The van der Waals surface area contributed by atoms with Crippen LogP contribution in [0, 0.1) is 6.04 Å². The van der Waals surface area contributed by atoms with Gasteiger partial charge in [0.1, 0.15) is 5.76 Å². The number of methoxy groups -OCH3 is 2. The molecule has 0 aromatic carbocycles. The van der Waals surface area contributed by atoms with E-state index in [1.807, 2.05) is 18.4 Å². The highest BCUT2D eigenvalue weighted by atomic mass is 16.5. The normalized spacial score (nSPS) is 17.5. The van der Waals surface area contributed by atoms with Crippen LogP contribution < -0.4 is 5.32 Å². The van der Waals surface area contributed by atoms with E-state index in [0.29, 0.717) is 6.61 Å². The van der Waals surface area contributed by atoms with E-state index in [1.54, 1.807) is 14.2 Å². The Bertz CT molecular complexity index is 175. The lowest BCUT2D eigenvalue weighted by Gasteiger charge is -2.19. The first kappa shape index (κ1) is 8.14. The summed E-state index contributed by atoms with van der Waals surface area (Å²) in [6, 6.07) is 0.956. The third-order valence-corrected chi connectivity index (χ3v) is 1.41. The van der Waals surface area contributed by atoms with Crippen LogP contribution in [0.2, 0.25) is 0 Å². The molecule has 0 amide bonds. The molecule has 1 rings (SSSR count). The molecule has 0 fully saturated rings. The van der Waals surface area contributed by atoms with Gasteiger partial charge in [-0.25, -0.2) is 0 Å². The summed E-state index contributed by atoms with van der Waals surface area (Å²) < 4.78 is 10.0. The van der Waals surface area contributed by atoms with E-state index in [9.17, 15) is 0 Å². The summed E-state index contributed by atoms with van der Waals surface area (Å²) in [4.78, 5) is 0. The van der Waals surface area contributed by atoms with Crippen molar-refractivity contribution < 1.29 is 9.47 Å². The molecular formula is C8H12NO2. The molecule has 0 aromatic heterocycles. The summed E-state index contributed by atoms with van der Waals surface area (Å²) >= 11 is 0. The fourth-order valence-electron chi connectivity index (χ4n) is 0.904. The Balaban J connectivity index is 2.52. The maximum atomic E-state index is 5.09. The topological polar surface area (TPSA) is 30.5 Å². The van der Waals surface area contributed by atoms with Gasteiger partial charge < -0.3 is 14.8 Å². The van der Waals surface area contributed by atoms with Crippen LogP contribution in [0.25, 0.3) is 0 Å². The van der Waals surface area contributed by atoms with Crippen molar-refractivity contribution in [2.75, 3.05) is 20.8 Å². The zero-order valence-corrected chi connectivity index (χ0v) is 6.76. The smallest absolute Gasteiger partial charge is 0.151 e. The van der Waals surface area contributed by atoms with Crippen molar-refractivity contribution >= 4 is 0 Å².